The second kappa shape index (κ2) is 7.66. The van der Waals surface area contributed by atoms with Crippen LogP contribution in [0.1, 0.15) is 32.8 Å². The van der Waals surface area contributed by atoms with Gasteiger partial charge in [0.2, 0.25) is 5.91 Å². The molecule has 1 aliphatic heterocycles. The topological polar surface area (TPSA) is 67.9 Å². The Balaban J connectivity index is 2.01. The second-order valence-electron chi connectivity index (χ2n) is 6.91. The molecule has 1 saturated heterocycles. The minimum atomic E-state index is -0.564. The lowest BCUT2D eigenvalue weighted by atomic mass is 10.1. The molecule has 1 aromatic carbocycles. The molecule has 2 amide bonds. The van der Waals surface area contributed by atoms with Crippen LogP contribution in [-0.4, -0.2) is 48.2 Å². The van der Waals surface area contributed by atoms with Crippen molar-refractivity contribution >= 4 is 12.0 Å². The first kappa shape index (κ1) is 18.3. The number of nitrogens with one attached hydrogen (secondary N) is 1. The molecule has 2 atom stereocenters. The van der Waals surface area contributed by atoms with E-state index in [1.807, 2.05) is 51.1 Å². The van der Waals surface area contributed by atoms with Crippen LogP contribution >= 0.6 is 0 Å². The zero-order valence-electron chi connectivity index (χ0n) is 14.7. The van der Waals surface area contributed by atoms with Crippen LogP contribution in [0.3, 0.4) is 0 Å². The summed E-state index contributed by atoms with van der Waals surface area (Å²) in [5, 5.41) is 2.61. The van der Waals surface area contributed by atoms with Gasteiger partial charge in [0.15, 0.2) is 0 Å². The van der Waals surface area contributed by atoms with Crippen molar-refractivity contribution < 1.29 is 19.1 Å². The number of nitrogens with zero attached hydrogens (tertiary/aromatic N) is 1. The van der Waals surface area contributed by atoms with Gasteiger partial charge in [-0.1, -0.05) is 30.3 Å². The third-order valence-corrected chi connectivity index (χ3v) is 3.77. The molecule has 0 saturated carbocycles. The summed E-state index contributed by atoms with van der Waals surface area (Å²) in [6.07, 6.45) is -0.207. The van der Waals surface area contributed by atoms with E-state index in [2.05, 4.69) is 5.32 Å². The summed E-state index contributed by atoms with van der Waals surface area (Å²) in [5.74, 6) is -0.202. The first-order valence-corrected chi connectivity index (χ1v) is 8.17. The third kappa shape index (κ3) is 4.96. The van der Waals surface area contributed by atoms with Gasteiger partial charge in [0.1, 0.15) is 12.6 Å². The van der Waals surface area contributed by atoms with E-state index in [9.17, 15) is 9.59 Å². The number of benzene rings is 1. The monoisotopic (exact) mass is 334 g/mol. The predicted octanol–water partition coefficient (Wildman–Crippen LogP) is 2.33. The maximum Gasteiger partial charge on any atom is 0.410 e. The zero-order valence-corrected chi connectivity index (χ0v) is 14.7. The molecule has 1 aromatic rings. The molecule has 1 heterocycles. The number of hydrogen-bond donors (Lipinski definition) is 1. The summed E-state index contributed by atoms with van der Waals surface area (Å²) in [6.45, 7) is 6.40. The Hall–Kier alpha value is -2.08. The minimum Gasteiger partial charge on any atom is -0.445 e. The molecule has 2 unspecified atom stereocenters. The smallest absolute Gasteiger partial charge is 0.410 e. The first-order valence-electron chi connectivity index (χ1n) is 8.17. The largest absolute Gasteiger partial charge is 0.445 e. The molecular formula is C18H26N2O4. The van der Waals surface area contributed by atoms with Gasteiger partial charge in [-0.3, -0.25) is 9.69 Å². The quantitative estimate of drug-likeness (QED) is 0.917. The van der Waals surface area contributed by atoms with E-state index >= 15 is 0 Å². The van der Waals surface area contributed by atoms with E-state index in [1.165, 1.54) is 4.90 Å². The standard InChI is InChI=1S/C18H26N2O4/c1-18(2,3)24-14-10-15(16(21)19-4)20(11-14)17(22)23-12-13-8-6-5-7-9-13/h5-9,14-15H,10-12H2,1-4H3,(H,19,21). The van der Waals surface area contributed by atoms with Gasteiger partial charge in [-0.15, -0.1) is 0 Å². The number of likely N-dealkylation sites (N-methyl/N-ethyl adjacent to an activating group) is 1. The number of likely N-dealkylation sites (tertiary alicyclic amines) is 1. The molecule has 6 heteroatoms. The molecule has 0 radical (unpaired) electrons. The summed E-state index contributed by atoms with van der Waals surface area (Å²) >= 11 is 0. The molecule has 1 fully saturated rings. The highest BCUT2D eigenvalue weighted by molar-refractivity contribution is 5.86. The fourth-order valence-electron chi connectivity index (χ4n) is 2.80. The summed E-state index contributed by atoms with van der Waals surface area (Å²) < 4.78 is 11.3. The fourth-order valence-corrected chi connectivity index (χ4v) is 2.80. The van der Waals surface area contributed by atoms with Crippen LogP contribution in [0, 0.1) is 0 Å². The summed E-state index contributed by atoms with van der Waals surface area (Å²) in [6, 6.07) is 8.89. The number of carbonyl (C=O) groups is 2. The average molecular weight is 334 g/mol. The zero-order chi connectivity index (χ0) is 17.7. The van der Waals surface area contributed by atoms with Crippen LogP contribution in [-0.2, 0) is 20.9 Å². The molecule has 1 aliphatic rings. The molecule has 24 heavy (non-hydrogen) atoms. The van der Waals surface area contributed by atoms with E-state index in [0.29, 0.717) is 13.0 Å². The van der Waals surface area contributed by atoms with Crippen molar-refractivity contribution in [2.45, 2.75) is 51.5 Å². The van der Waals surface area contributed by atoms with Crippen molar-refractivity contribution in [3.8, 4) is 0 Å². The van der Waals surface area contributed by atoms with Crippen molar-refractivity contribution in [3.05, 3.63) is 35.9 Å². The van der Waals surface area contributed by atoms with E-state index in [1.54, 1.807) is 7.05 Å². The van der Waals surface area contributed by atoms with Crippen molar-refractivity contribution in [2.75, 3.05) is 13.6 Å². The van der Waals surface area contributed by atoms with Gasteiger partial charge in [0.05, 0.1) is 18.2 Å². The Morgan fingerprint density at radius 2 is 1.92 bits per heavy atom. The number of ether oxygens (including phenoxy) is 2. The predicted molar refractivity (Wildman–Crippen MR) is 90.4 cm³/mol. The highest BCUT2D eigenvalue weighted by Gasteiger charge is 2.41. The number of hydrogen-bond acceptors (Lipinski definition) is 4. The van der Waals surface area contributed by atoms with Gasteiger partial charge in [0, 0.05) is 13.5 Å². The van der Waals surface area contributed by atoms with Gasteiger partial charge in [-0.25, -0.2) is 4.79 Å². The van der Waals surface area contributed by atoms with Crippen molar-refractivity contribution in [2.24, 2.45) is 0 Å². The van der Waals surface area contributed by atoms with Gasteiger partial charge in [0.25, 0.3) is 0 Å². The lowest BCUT2D eigenvalue weighted by Gasteiger charge is -2.25. The molecule has 132 valence electrons. The molecule has 0 aromatic heterocycles. The van der Waals surface area contributed by atoms with Crippen LogP contribution in [0.25, 0.3) is 0 Å². The minimum absolute atomic E-state index is 0.182. The third-order valence-electron chi connectivity index (χ3n) is 3.77. The Bertz CT molecular complexity index is 568. The van der Waals surface area contributed by atoms with Crippen LogP contribution < -0.4 is 5.32 Å². The van der Waals surface area contributed by atoms with Gasteiger partial charge >= 0.3 is 6.09 Å². The van der Waals surface area contributed by atoms with Crippen molar-refractivity contribution in [1.29, 1.82) is 0 Å². The molecule has 0 aliphatic carbocycles. The fraction of sp³-hybridized carbons (Fsp3) is 0.556. The van der Waals surface area contributed by atoms with Gasteiger partial charge in [-0.2, -0.15) is 0 Å². The van der Waals surface area contributed by atoms with Crippen LogP contribution in [0.2, 0.25) is 0 Å². The number of rotatable bonds is 4. The average Bonchev–Trinajstić information content (AvgIpc) is 2.94. The normalized spacial score (nSPS) is 20.8. The number of carbonyl (C=O) groups excluding carboxylic acids is 2. The van der Waals surface area contributed by atoms with Crippen LogP contribution in [0.15, 0.2) is 30.3 Å². The first-order chi connectivity index (χ1) is 11.3. The van der Waals surface area contributed by atoms with E-state index in [4.69, 9.17) is 9.47 Å². The number of amides is 2. The maximum atomic E-state index is 12.4. The molecule has 6 nitrogen and oxygen atoms in total. The Morgan fingerprint density at radius 3 is 2.50 bits per heavy atom. The highest BCUT2D eigenvalue weighted by atomic mass is 16.6. The second-order valence-corrected chi connectivity index (χ2v) is 6.91. The van der Waals surface area contributed by atoms with Crippen LogP contribution in [0.5, 0.6) is 0 Å². The molecular weight excluding hydrogens is 308 g/mol. The Morgan fingerprint density at radius 1 is 1.25 bits per heavy atom. The van der Waals surface area contributed by atoms with Gasteiger partial charge in [-0.05, 0) is 26.3 Å². The lowest BCUT2D eigenvalue weighted by molar-refractivity contribution is -0.124. The molecule has 1 N–H and O–H groups in total. The molecule has 0 bridgehead atoms. The summed E-state index contributed by atoms with van der Waals surface area (Å²) in [7, 11) is 1.56. The SMILES string of the molecule is CNC(=O)C1CC(OC(C)(C)C)CN1C(=O)OCc1ccccc1. The Labute approximate surface area is 143 Å². The Kier molecular flexibility index (Phi) is 5.83. The van der Waals surface area contributed by atoms with Gasteiger partial charge < -0.3 is 14.8 Å². The highest BCUT2D eigenvalue weighted by Crippen LogP contribution is 2.25. The lowest BCUT2D eigenvalue weighted by Crippen LogP contribution is -2.45. The molecule has 2 rings (SSSR count). The van der Waals surface area contributed by atoms with Crippen molar-refractivity contribution in [3.63, 3.8) is 0 Å². The van der Waals surface area contributed by atoms with E-state index < -0.39 is 12.1 Å². The van der Waals surface area contributed by atoms with E-state index in [0.717, 1.165) is 5.56 Å². The van der Waals surface area contributed by atoms with E-state index in [-0.39, 0.29) is 24.2 Å². The van der Waals surface area contributed by atoms with Crippen LogP contribution in [0.4, 0.5) is 4.79 Å². The molecule has 0 spiro atoms. The summed E-state index contributed by atoms with van der Waals surface area (Å²) in [4.78, 5) is 26.0. The maximum absolute atomic E-state index is 12.4. The summed E-state index contributed by atoms with van der Waals surface area (Å²) in [5.41, 5.74) is 0.575. The van der Waals surface area contributed by atoms with Crippen molar-refractivity contribution in [1.82, 2.24) is 10.2 Å².